The fourth-order valence-corrected chi connectivity index (χ4v) is 1.77. The highest BCUT2D eigenvalue weighted by Gasteiger charge is 2.31. The van der Waals surface area contributed by atoms with Gasteiger partial charge in [-0.05, 0) is 40.8 Å². The van der Waals surface area contributed by atoms with Gasteiger partial charge in [-0.3, -0.25) is 4.90 Å². The standard InChI is InChI=1S/C12H28N2O/c1-7-14(8-2)12(5,6)11(13)9-15-10(3)4/h10-11H,7-9,13H2,1-6H3. The number of hydrogen-bond acceptors (Lipinski definition) is 3. The zero-order chi connectivity index (χ0) is 12.1. The predicted molar refractivity (Wildman–Crippen MR) is 66.1 cm³/mol. The SMILES string of the molecule is CCN(CC)C(C)(C)C(N)COC(C)C. The molecule has 0 saturated carbocycles. The summed E-state index contributed by atoms with van der Waals surface area (Å²) in [6.45, 7) is 15.5. The first-order valence-electron chi connectivity index (χ1n) is 5.98. The van der Waals surface area contributed by atoms with E-state index in [1.165, 1.54) is 0 Å². The molecule has 0 fully saturated rings. The highest BCUT2D eigenvalue weighted by Crippen LogP contribution is 2.17. The summed E-state index contributed by atoms with van der Waals surface area (Å²) in [6.07, 6.45) is 0.253. The van der Waals surface area contributed by atoms with E-state index in [4.69, 9.17) is 10.5 Å². The van der Waals surface area contributed by atoms with Crippen LogP contribution >= 0.6 is 0 Å². The molecule has 15 heavy (non-hydrogen) atoms. The molecule has 1 atom stereocenters. The molecule has 0 aliphatic carbocycles. The van der Waals surface area contributed by atoms with E-state index < -0.39 is 0 Å². The molecule has 0 saturated heterocycles. The van der Waals surface area contributed by atoms with Crippen molar-refractivity contribution in [1.82, 2.24) is 4.90 Å². The van der Waals surface area contributed by atoms with Crippen LogP contribution in [0.3, 0.4) is 0 Å². The van der Waals surface area contributed by atoms with Crippen LogP contribution in [-0.2, 0) is 4.74 Å². The molecule has 0 aromatic rings. The predicted octanol–water partition coefficient (Wildman–Crippen LogP) is 1.86. The van der Waals surface area contributed by atoms with Crippen molar-refractivity contribution < 1.29 is 4.74 Å². The summed E-state index contributed by atoms with van der Waals surface area (Å²) in [4.78, 5) is 2.38. The molecule has 0 radical (unpaired) electrons. The Hall–Kier alpha value is -0.120. The molecular weight excluding hydrogens is 188 g/mol. The average Bonchev–Trinajstić information content (AvgIpc) is 2.15. The molecule has 1 unspecified atom stereocenters. The molecule has 92 valence electrons. The van der Waals surface area contributed by atoms with Crippen LogP contribution in [0, 0.1) is 0 Å². The van der Waals surface area contributed by atoms with Crippen molar-refractivity contribution in [3.63, 3.8) is 0 Å². The monoisotopic (exact) mass is 216 g/mol. The largest absolute Gasteiger partial charge is 0.377 e. The summed E-state index contributed by atoms with van der Waals surface area (Å²) in [7, 11) is 0. The van der Waals surface area contributed by atoms with Crippen LogP contribution in [0.4, 0.5) is 0 Å². The van der Waals surface area contributed by atoms with Gasteiger partial charge in [-0.25, -0.2) is 0 Å². The Bertz CT molecular complexity index is 165. The molecule has 0 aliphatic heterocycles. The van der Waals surface area contributed by atoms with E-state index in [9.17, 15) is 0 Å². The van der Waals surface area contributed by atoms with Crippen molar-refractivity contribution in [1.29, 1.82) is 0 Å². The van der Waals surface area contributed by atoms with Crippen molar-refractivity contribution in [3.8, 4) is 0 Å². The maximum atomic E-state index is 6.19. The fourth-order valence-electron chi connectivity index (χ4n) is 1.77. The molecule has 0 amide bonds. The highest BCUT2D eigenvalue weighted by atomic mass is 16.5. The Labute approximate surface area is 95.0 Å². The van der Waals surface area contributed by atoms with Crippen LogP contribution in [0.5, 0.6) is 0 Å². The van der Waals surface area contributed by atoms with Crippen LogP contribution in [0.2, 0.25) is 0 Å². The van der Waals surface area contributed by atoms with Gasteiger partial charge in [0.05, 0.1) is 12.7 Å². The molecule has 0 aromatic heterocycles. The van der Waals surface area contributed by atoms with Crippen molar-refractivity contribution in [3.05, 3.63) is 0 Å². The fraction of sp³-hybridized carbons (Fsp3) is 1.00. The second kappa shape index (κ2) is 6.46. The van der Waals surface area contributed by atoms with Crippen molar-refractivity contribution in [2.45, 2.75) is 59.2 Å². The third-order valence-corrected chi connectivity index (χ3v) is 3.09. The lowest BCUT2D eigenvalue weighted by atomic mass is 9.93. The number of likely N-dealkylation sites (N-methyl/N-ethyl adjacent to an activating group) is 1. The number of nitrogens with zero attached hydrogens (tertiary/aromatic N) is 1. The summed E-state index contributed by atoms with van der Waals surface area (Å²) in [5.41, 5.74) is 6.18. The van der Waals surface area contributed by atoms with Gasteiger partial charge in [0, 0.05) is 11.6 Å². The van der Waals surface area contributed by atoms with Gasteiger partial charge in [0.25, 0.3) is 0 Å². The first-order chi connectivity index (χ1) is 6.86. The van der Waals surface area contributed by atoms with Crippen LogP contribution in [0.1, 0.15) is 41.5 Å². The lowest BCUT2D eigenvalue weighted by Crippen LogP contribution is -2.57. The zero-order valence-electron chi connectivity index (χ0n) is 11.2. The van der Waals surface area contributed by atoms with E-state index in [2.05, 4.69) is 32.6 Å². The topological polar surface area (TPSA) is 38.5 Å². The van der Waals surface area contributed by atoms with E-state index >= 15 is 0 Å². The maximum Gasteiger partial charge on any atom is 0.0638 e. The van der Waals surface area contributed by atoms with Crippen molar-refractivity contribution in [2.75, 3.05) is 19.7 Å². The Morgan fingerprint density at radius 1 is 1.20 bits per heavy atom. The van der Waals surface area contributed by atoms with Crippen LogP contribution in [-0.4, -0.2) is 42.3 Å². The first kappa shape index (κ1) is 14.9. The Kier molecular flexibility index (Phi) is 6.41. The van der Waals surface area contributed by atoms with E-state index in [1.54, 1.807) is 0 Å². The lowest BCUT2D eigenvalue weighted by Gasteiger charge is -2.41. The molecule has 0 aliphatic rings. The number of nitrogens with two attached hydrogens (primary N) is 1. The minimum atomic E-state index is -0.00160. The van der Waals surface area contributed by atoms with Gasteiger partial charge in [0.15, 0.2) is 0 Å². The van der Waals surface area contributed by atoms with Crippen molar-refractivity contribution >= 4 is 0 Å². The highest BCUT2D eigenvalue weighted by molar-refractivity contribution is 4.90. The molecule has 0 rings (SSSR count). The van der Waals surface area contributed by atoms with Crippen LogP contribution < -0.4 is 5.73 Å². The smallest absolute Gasteiger partial charge is 0.0638 e. The van der Waals surface area contributed by atoms with E-state index in [0.29, 0.717) is 6.61 Å². The number of hydrogen-bond donors (Lipinski definition) is 1. The number of ether oxygens (including phenoxy) is 1. The van der Waals surface area contributed by atoms with Gasteiger partial charge < -0.3 is 10.5 Å². The minimum Gasteiger partial charge on any atom is -0.377 e. The van der Waals surface area contributed by atoms with Gasteiger partial charge in [-0.1, -0.05) is 13.8 Å². The third kappa shape index (κ3) is 4.49. The number of rotatable bonds is 7. The molecule has 2 N–H and O–H groups in total. The van der Waals surface area contributed by atoms with Gasteiger partial charge >= 0.3 is 0 Å². The first-order valence-corrected chi connectivity index (χ1v) is 5.98. The summed E-state index contributed by atoms with van der Waals surface area (Å²) < 4.78 is 5.58. The molecular formula is C12H28N2O. The van der Waals surface area contributed by atoms with Gasteiger partial charge in [0.2, 0.25) is 0 Å². The van der Waals surface area contributed by atoms with E-state index in [0.717, 1.165) is 13.1 Å². The molecule has 0 heterocycles. The Morgan fingerprint density at radius 2 is 1.67 bits per heavy atom. The maximum absolute atomic E-state index is 6.19. The Morgan fingerprint density at radius 3 is 2.00 bits per heavy atom. The van der Waals surface area contributed by atoms with Gasteiger partial charge in [-0.15, -0.1) is 0 Å². The van der Waals surface area contributed by atoms with Gasteiger partial charge in [0.1, 0.15) is 0 Å². The van der Waals surface area contributed by atoms with Crippen LogP contribution in [0.25, 0.3) is 0 Å². The average molecular weight is 216 g/mol. The minimum absolute atomic E-state index is 0.00160. The second-order valence-electron chi connectivity index (χ2n) is 4.81. The Balaban J connectivity index is 4.29. The van der Waals surface area contributed by atoms with E-state index in [-0.39, 0.29) is 17.7 Å². The molecule has 0 aromatic carbocycles. The summed E-state index contributed by atoms with van der Waals surface area (Å²) in [6, 6.07) is 0.0554. The normalized spacial score (nSPS) is 15.0. The third-order valence-electron chi connectivity index (χ3n) is 3.09. The summed E-state index contributed by atoms with van der Waals surface area (Å²) >= 11 is 0. The van der Waals surface area contributed by atoms with Gasteiger partial charge in [-0.2, -0.15) is 0 Å². The molecule has 0 bridgehead atoms. The molecule has 3 nitrogen and oxygen atoms in total. The molecule has 0 spiro atoms. The van der Waals surface area contributed by atoms with Crippen molar-refractivity contribution in [2.24, 2.45) is 5.73 Å². The van der Waals surface area contributed by atoms with E-state index in [1.807, 2.05) is 13.8 Å². The van der Waals surface area contributed by atoms with Crippen LogP contribution in [0.15, 0.2) is 0 Å². The summed E-state index contributed by atoms with van der Waals surface area (Å²) in [5, 5.41) is 0. The summed E-state index contributed by atoms with van der Waals surface area (Å²) in [5.74, 6) is 0. The second-order valence-corrected chi connectivity index (χ2v) is 4.81. The lowest BCUT2D eigenvalue weighted by molar-refractivity contribution is 0.0191. The molecule has 3 heteroatoms. The zero-order valence-corrected chi connectivity index (χ0v) is 11.2. The quantitative estimate of drug-likeness (QED) is 0.706.